The standard InChI is InChI=1S/C19H20ClN3O3/c1-21(15-5-7-17(24)8-6-15)18(25)19(26)23-11-9-22(10-12-23)16-4-2-3-14(20)13-16/h2-8,13,24H,9-12H2,1H3. The summed E-state index contributed by atoms with van der Waals surface area (Å²) in [7, 11) is 1.55. The minimum absolute atomic E-state index is 0.109. The highest BCUT2D eigenvalue weighted by molar-refractivity contribution is 6.40. The topological polar surface area (TPSA) is 64.1 Å². The maximum Gasteiger partial charge on any atom is 0.316 e. The van der Waals surface area contributed by atoms with Crippen molar-refractivity contribution in [1.82, 2.24) is 4.90 Å². The molecule has 136 valence electrons. The van der Waals surface area contributed by atoms with E-state index < -0.39 is 11.8 Å². The zero-order chi connectivity index (χ0) is 18.7. The fraction of sp³-hybridized carbons (Fsp3) is 0.263. The SMILES string of the molecule is CN(C(=O)C(=O)N1CCN(c2cccc(Cl)c2)CC1)c1ccc(O)cc1. The first-order chi connectivity index (χ1) is 12.5. The number of hydrogen-bond acceptors (Lipinski definition) is 4. The summed E-state index contributed by atoms with van der Waals surface area (Å²) < 4.78 is 0. The normalized spacial score (nSPS) is 14.2. The second kappa shape index (κ2) is 7.66. The van der Waals surface area contributed by atoms with Crippen molar-refractivity contribution < 1.29 is 14.7 Å². The smallest absolute Gasteiger partial charge is 0.316 e. The Hall–Kier alpha value is -2.73. The summed E-state index contributed by atoms with van der Waals surface area (Å²) in [5, 5.41) is 10.0. The van der Waals surface area contributed by atoms with Crippen molar-refractivity contribution in [2.75, 3.05) is 43.0 Å². The second-order valence-electron chi connectivity index (χ2n) is 6.14. The van der Waals surface area contributed by atoms with E-state index in [1.54, 1.807) is 24.1 Å². The number of hydrogen-bond donors (Lipinski definition) is 1. The number of rotatable bonds is 2. The number of phenolic OH excluding ortho intramolecular Hbond substituents is 1. The van der Waals surface area contributed by atoms with Crippen LogP contribution in [0.25, 0.3) is 0 Å². The Balaban J connectivity index is 1.60. The largest absolute Gasteiger partial charge is 0.508 e. The molecule has 2 aromatic rings. The summed E-state index contributed by atoms with van der Waals surface area (Å²) in [6.45, 7) is 2.23. The van der Waals surface area contributed by atoms with Crippen molar-refractivity contribution in [1.29, 1.82) is 0 Å². The minimum atomic E-state index is -0.591. The number of nitrogens with zero attached hydrogens (tertiary/aromatic N) is 3. The molecule has 1 saturated heterocycles. The van der Waals surface area contributed by atoms with Crippen LogP contribution in [0.15, 0.2) is 48.5 Å². The Kier molecular flexibility index (Phi) is 5.32. The zero-order valence-electron chi connectivity index (χ0n) is 14.4. The molecule has 1 aliphatic heterocycles. The van der Waals surface area contributed by atoms with Crippen molar-refractivity contribution in [2.45, 2.75) is 0 Å². The molecule has 2 amide bonds. The van der Waals surface area contributed by atoms with E-state index in [4.69, 9.17) is 11.6 Å². The molecule has 0 radical (unpaired) electrons. The van der Waals surface area contributed by atoms with Crippen molar-refractivity contribution >= 4 is 34.8 Å². The van der Waals surface area contributed by atoms with Crippen molar-refractivity contribution in [3.05, 3.63) is 53.6 Å². The van der Waals surface area contributed by atoms with Crippen LogP contribution in [0.4, 0.5) is 11.4 Å². The molecular formula is C19H20ClN3O3. The van der Waals surface area contributed by atoms with E-state index in [-0.39, 0.29) is 5.75 Å². The predicted octanol–water partition coefficient (Wildman–Crippen LogP) is 2.36. The van der Waals surface area contributed by atoms with E-state index in [0.29, 0.717) is 36.9 Å². The van der Waals surface area contributed by atoms with Gasteiger partial charge in [0.15, 0.2) is 0 Å². The molecule has 0 atom stereocenters. The average Bonchev–Trinajstić information content (AvgIpc) is 2.67. The first kappa shape index (κ1) is 18.1. The number of halogens is 1. The second-order valence-corrected chi connectivity index (χ2v) is 6.58. The molecule has 1 aliphatic rings. The molecule has 0 aromatic heterocycles. The highest BCUT2D eigenvalue weighted by atomic mass is 35.5. The molecule has 0 bridgehead atoms. The highest BCUT2D eigenvalue weighted by Crippen LogP contribution is 2.21. The summed E-state index contributed by atoms with van der Waals surface area (Å²) in [5.74, 6) is -1.00. The van der Waals surface area contributed by atoms with Crippen LogP contribution >= 0.6 is 11.6 Å². The lowest BCUT2D eigenvalue weighted by Crippen LogP contribution is -2.53. The number of phenols is 1. The van der Waals surface area contributed by atoms with Gasteiger partial charge in [0.1, 0.15) is 5.75 Å². The van der Waals surface area contributed by atoms with Gasteiger partial charge in [0, 0.05) is 49.6 Å². The van der Waals surface area contributed by atoms with Crippen LogP contribution < -0.4 is 9.80 Å². The number of amides is 2. The van der Waals surface area contributed by atoms with Crippen LogP contribution in [0.2, 0.25) is 5.02 Å². The predicted molar refractivity (Wildman–Crippen MR) is 102 cm³/mol. The van der Waals surface area contributed by atoms with Crippen LogP contribution in [0, 0.1) is 0 Å². The number of piperazine rings is 1. The molecule has 26 heavy (non-hydrogen) atoms. The lowest BCUT2D eigenvalue weighted by molar-refractivity contribution is -0.144. The average molecular weight is 374 g/mol. The van der Waals surface area contributed by atoms with Gasteiger partial charge in [-0.15, -0.1) is 0 Å². The van der Waals surface area contributed by atoms with Crippen molar-refractivity contribution in [3.8, 4) is 5.75 Å². The number of carbonyl (C=O) groups is 2. The molecule has 1 N–H and O–H groups in total. The van der Waals surface area contributed by atoms with Gasteiger partial charge < -0.3 is 19.8 Å². The van der Waals surface area contributed by atoms with Gasteiger partial charge in [-0.05, 0) is 42.5 Å². The van der Waals surface area contributed by atoms with Gasteiger partial charge in [0.05, 0.1) is 0 Å². The maximum atomic E-state index is 12.5. The number of anilines is 2. The quantitative estimate of drug-likeness (QED) is 0.821. The first-order valence-electron chi connectivity index (χ1n) is 8.32. The Morgan fingerprint density at radius 3 is 2.31 bits per heavy atom. The molecule has 6 nitrogen and oxygen atoms in total. The van der Waals surface area contributed by atoms with E-state index in [1.807, 2.05) is 24.3 Å². The Labute approximate surface area is 157 Å². The van der Waals surface area contributed by atoms with Gasteiger partial charge in [-0.2, -0.15) is 0 Å². The third-order valence-corrected chi connectivity index (χ3v) is 4.70. The van der Waals surface area contributed by atoms with Gasteiger partial charge in [-0.3, -0.25) is 9.59 Å². The van der Waals surface area contributed by atoms with E-state index >= 15 is 0 Å². The van der Waals surface area contributed by atoms with E-state index in [0.717, 1.165) is 5.69 Å². The lowest BCUT2D eigenvalue weighted by atomic mass is 10.2. The zero-order valence-corrected chi connectivity index (χ0v) is 15.2. The first-order valence-corrected chi connectivity index (χ1v) is 8.70. The van der Waals surface area contributed by atoms with Gasteiger partial charge in [0.2, 0.25) is 0 Å². The fourth-order valence-corrected chi connectivity index (χ4v) is 3.10. The van der Waals surface area contributed by atoms with Gasteiger partial charge in [-0.25, -0.2) is 0 Å². The molecule has 2 aromatic carbocycles. The highest BCUT2D eigenvalue weighted by Gasteiger charge is 2.28. The number of carbonyl (C=O) groups excluding carboxylic acids is 2. The van der Waals surface area contributed by atoms with Crippen LogP contribution in [-0.4, -0.2) is 55.0 Å². The number of benzene rings is 2. The molecule has 3 rings (SSSR count). The molecule has 0 saturated carbocycles. The van der Waals surface area contributed by atoms with Crippen molar-refractivity contribution in [3.63, 3.8) is 0 Å². The van der Waals surface area contributed by atoms with Gasteiger partial charge >= 0.3 is 11.8 Å². The third kappa shape index (κ3) is 3.91. The van der Waals surface area contributed by atoms with Gasteiger partial charge in [-0.1, -0.05) is 17.7 Å². The van der Waals surface area contributed by atoms with Crippen LogP contribution in [0.1, 0.15) is 0 Å². The summed E-state index contributed by atoms with van der Waals surface area (Å²) in [6, 6.07) is 13.7. The summed E-state index contributed by atoms with van der Waals surface area (Å²) in [5.41, 5.74) is 1.57. The van der Waals surface area contributed by atoms with Crippen LogP contribution in [0.3, 0.4) is 0 Å². The molecule has 1 heterocycles. The Morgan fingerprint density at radius 1 is 1.04 bits per heavy atom. The minimum Gasteiger partial charge on any atom is -0.508 e. The molecule has 0 unspecified atom stereocenters. The summed E-state index contributed by atoms with van der Waals surface area (Å²) in [6.07, 6.45) is 0. The van der Waals surface area contributed by atoms with E-state index in [2.05, 4.69) is 4.90 Å². The van der Waals surface area contributed by atoms with Crippen LogP contribution in [-0.2, 0) is 9.59 Å². The van der Waals surface area contributed by atoms with Gasteiger partial charge in [0.25, 0.3) is 0 Å². The molecule has 7 heteroatoms. The fourth-order valence-electron chi connectivity index (χ4n) is 2.91. The maximum absolute atomic E-state index is 12.5. The summed E-state index contributed by atoms with van der Waals surface area (Å²) in [4.78, 5) is 30.0. The lowest BCUT2D eigenvalue weighted by Gasteiger charge is -2.36. The Bertz CT molecular complexity index is 802. The molecule has 0 spiro atoms. The van der Waals surface area contributed by atoms with E-state index in [9.17, 15) is 14.7 Å². The van der Waals surface area contributed by atoms with Crippen LogP contribution in [0.5, 0.6) is 5.75 Å². The molecule has 1 fully saturated rings. The van der Waals surface area contributed by atoms with E-state index in [1.165, 1.54) is 17.0 Å². The third-order valence-electron chi connectivity index (χ3n) is 4.46. The number of likely N-dealkylation sites (N-methyl/N-ethyl adjacent to an activating group) is 1. The van der Waals surface area contributed by atoms with Crippen molar-refractivity contribution in [2.24, 2.45) is 0 Å². The monoisotopic (exact) mass is 373 g/mol. The summed E-state index contributed by atoms with van der Waals surface area (Å²) >= 11 is 6.03. The molecular weight excluding hydrogens is 354 g/mol. The Morgan fingerprint density at radius 2 is 1.69 bits per heavy atom. The molecule has 0 aliphatic carbocycles. The number of aromatic hydroxyl groups is 1.